The van der Waals surface area contributed by atoms with Crippen molar-refractivity contribution in [2.24, 2.45) is 5.92 Å². The first-order chi connectivity index (χ1) is 14.8. The minimum atomic E-state index is 0.835. The maximum Gasteiger partial charge on any atom is 0.119 e. The van der Waals surface area contributed by atoms with Crippen molar-refractivity contribution < 1.29 is 4.74 Å². The average Bonchev–Trinajstić information content (AvgIpc) is 2.79. The Kier molecular flexibility index (Phi) is 9.80. The summed E-state index contributed by atoms with van der Waals surface area (Å²) in [4.78, 5) is 0. The van der Waals surface area contributed by atoms with Gasteiger partial charge in [0, 0.05) is 0 Å². The Morgan fingerprint density at radius 3 is 2.33 bits per heavy atom. The zero-order chi connectivity index (χ0) is 21.0. The molecule has 0 saturated heterocycles. The van der Waals surface area contributed by atoms with Gasteiger partial charge in [0.15, 0.2) is 0 Å². The van der Waals surface area contributed by atoms with Gasteiger partial charge in [-0.2, -0.15) is 0 Å². The van der Waals surface area contributed by atoms with Gasteiger partial charge in [0.1, 0.15) is 5.75 Å². The highest BCUT2D eigenvalue weighted by Crippen LogP contribution is 2.34. The lowest BCUT2D eigenvalue weighted by Crippen LogP contribution is -2.05. The van der Waals surface area contributed by atoms with Gasteiger partial charge in [-0.05, 0) is 71.7 Å². The zero-order valence-corrected chi connectivity index (χ0v) is 19.4. The molecule has 164 valence electrons. The van der Waals surface area contributed by atoms with E-state index >= 15 is 0 Å². The molecule has 1 aliphatic carbocycles. The van der Waals surface area contributed by atoms with Gasteiger partial charge in [0.25, 0.3) is 0 Å². The van der Waals surface area contributed by atoms with Crippen LogP contribution in [0.5, 0.6) is 5.75 Å². The topological polar surface area (TPSA) is 9.23 Å². The van der Waals surface area contributed by atoms with E-state index in [9.17, 15) is 0 Å². The third kappa shape index (κ3) is 7.18. The Hall–Kier alpha value is -1.76. The molecule has 0 saturated carbocycles. The van der Waals surface area contributed by atoms with Gasteiger partial charge in [-0.25, -0.2) is 0 Å². The fraction of sp³-hybridized carbons (Fsp3) is 0.586. The van der Waals surface area contributed by atoms with Crippen molar-refractivity contribution in [3.05, 3.63) is 48.0 Å². The number of fused-ring (bicyclic) bond motifs is 1. The number of hydrogen-bond acceptors (Lipinski definition) is 1. The van der Waals surface area contributed by atoms with Crippen molar-refractivity contribution in [3.8, 4) is 5.75 Å². The second-order valence-corrected chi connectivity index (χ2v) is 9.21. The largest absolute Gasteiger partial charge is 0.494 e. The maximum atomic E-state index is 6.01. The first-order valence-corrected chi connectivity index (χ1v) is 12.7. The van der Waals surface area contributed by atoms with E-state index in [1.54, 1.807) is 5.57 Å². The van der Waals surface area contributed by atoms with Crippen molar-refractivity contribution in [2.75, 3.05) is 6.61 Å². The van der Waals surface area contributed by atoms with E-state index in [0.29, 0.717) is 0 Å². The third-order valence-corrected chi connectivity index (χ3v) is 6.68. The zero-order valence-electron chi connectivity index (χ0n) is 19.4. The maximum absolute atomic E-state index is 6.01. The van der Waals surface area contributed by atoms with Crippen LogP contribution in [-0.4, -0.2) is 6.61 Å². The Labute approximate surface area is 184 Å². The second kappa shape index (κ2) is 12.8. The number of benzene rings is 2. The monoisotopic (exact) mass is 406 g/mol. The lowest BCUT2D eigenvalue weighted by Gasteiger charge is -2.22. The van der Waals surface area contributed by atoms with Gasteiger partial charge in [-0.1, -0.05) is 95.9 Å². The molecule has 1 heteroatoms. The van der Waals surface area contributed by atoms with Crippen molar-refractivity contribution in [2.45, 2.75) is 97.3 Å². The van der Waals surface area contributed by atoms with Crippen LogP contribution in [0.1, 0.15) is 103 Å². The Morgan fingerprint density at radius 2 is 1.53 bits per heavy atom. The minimum Gasteiger partial charge on any atom is -0.494 e. The molecular weight excluding hydrogens is 364 g/mol. The fourth-order valence-corrected chi connectivity index (χ4v) is 4.68. The first-order valence-electron chi connectivity index (χ1n) is 12.7. The standard InChI is InChI=1S/C29H42O/c1-3-5-7-8-9-11-21-30-29-20-19-27-22-26(17-18-28(27)23-29)25-15-13-24(14-16-25)12-10-6-4-2/h15,17-20,22-24H,3-14,16,21H2,1-2H3. The molecule has 0 radical (unpaired) electrons. The van der Waals surface area contributed by atoms with E-state index in [-0.39, 0.29) is 0 Å². The molecule has 0 N–H and O–H groups in total. The molecule has 2 aromatic carbocycles. The van der Waals surface area contributed by atoms with Gasteiger partial charge in [-0.3, -0.25) is 0 Å². The summed E-state index contributed by atoms with van der Waals surface area (Å²) >= 11 is 0. The van der Waals surface area contributed by atoms with Gasteiger partial charge >= 0.3 is 0 Å². The fourth-order valence-electron chi connectivity index (χ4n) is 4.68. The van der Waals surface area contributed by atoms with Gasteiger partial charge in [-0.15, -0.1) is 0 Å². The smallest absolute Gasteiger partial charge is 0.119 e. The molecule has 3 rings (SSSR count). The molecule has 0 bridgehead atoms. The predicted molar refractivity (Wildman–Crippen MR) is 132 cm³/mol. The van der Waals surface area contributed by atoms with Crippen molar-refractivity contribution in [3.63, 3.8) is 0 Å². The summed E-state index contributed by atoms with van der Waals surface area (Å²) in [6.45, 7) is 5.40. The minimum absolute atomic E-state index is 0.835. The van der Waals surface area contributed by atoms with Crippen LogP contribution in [0.25, 0.3) is 16.3 Å². The third-order valence-electron chi connectivity index (χ3n) is 6.68. The number of ether oxygens (including phenoxy) is 1. The number of hydrogen-bond donors (Lipinski definition) is 0. The molecule has 0 heterocycles. The SMILES string of the molecule is CCCCCCCCOc1ccc2cc(C3=CCC(CCCCC)CC3)ccc2c1. The molecule has 30 heavy (non-hydrogen) atoms. The van der Waals surface area contributed by atoms with Gasteiger partial charge < -0.3 is 4.74 Å². The van der Waals surface area contributed by atoms with Gasteiger partial charge in [0.2, 0.25) is 0 Å². The summed E-state index contributed by atoms with van der Waals surface area (Å²) in [7, 11) is 0. The highest BCUT2D eigenvalue weighted by molar-refractivity contribution is 5.87. The molecule has 1 aliphatic rings. The van der Waals surface area contributed by atoms with Crippen molar-refractivity contribution >= 4 is 16.3 Å². The Balaban J connectivity index is 1.50. The van der Waals surface area contributed by atoms with E-state index in [4.69, 9.17) is 4.74 Å². The molecule has 2 aromatic rings. The van der Waals surface area contributed by atoms with Crippen LogP contribution < -0.4 is 4.74 Å². The molecule has 0 aromatic heterocycles. The normalized spacial score (nSPS) is 16.6. The molecule has 0 aliphatic heterocycles. The molecule has 1 unspecified atom stereocenters. The first kappa shape index (κ1) is 22.9. The summed E-state index contributed by atoms with van der Waals surface area (Å²) in [5.41, 5.74) is 2.96. The van der Waals surface area contributed by atoms with Crippen LogP contribution in [0.4, 0.5) is 0 Å². The molecular formula is C29H42O. The van der Waals surface area contributed by atoms with E-state index < -0.39 is 0 Å². The van der Waals surface area contributed by atoms with Crippen LogP contribution >= 0.6 is 0 Å². The van der Waals surface area contributed by atoms with E-state index in [1.807, 2.05) is 0 Å². The lowest BCUT2D eigenvalue weighted by molar-refractivity contribution is 0.305. The Morgan fingerprint density at radius 1 is 0.800 bits per heavy atom. The highest BCUT2D eigenvalue weighted by Gasteiger charge is 2.15. The number of rotatable bonds is 13. The van der Waals surface area contributed by atoms with Crippen LogP contribution in [0.3, 0.4) is 0 Å². The number of unbranched alkanes of at least 4 members (excludes halogenated alkanes) is 7. The highest BCUT2D eigenvalue weighted by atomic mass is 16.5. The van der Waals surface area contributed by atoms with E-state index in [0.717, 1.165) is 24.7 Å². The molecule has 0 amide bonds. The summed E-state index contributed by atoms with van der Waals surface area (Å²) in [5, 5.41) is 2.61. The summed E-state index contributed by atoms with van der Waals surface area (Å²) in [6.07, 6.45) is 19.7. The summed E-state index contributed by atoms with van der Waals surface area (Å²) < 4.78 is 6.01. The summed E-state index contributed by atoms with van der Waals surface area (Å²) in [5.74, 6) is 1.92. The molecule has 0 spiro atoms. The van der Waals surface area contributed by atoms with Crippen molar-refractivity contribution in [1.29, 1.82) is 0 Å². The second-order valence-electron chi connectivity index (χ2n) is 9.21. The predicted octanol–water partition coefficient (Wildman–Crippen LogP) is 9.34. The van der Waals surface area contributed by atoms with E-state index in [1.165, 1.54) is 93.4 Å². The summed E-state index contributed by atoms with van der Waals surface area (Å²) in [6, 6.07) is 13.5. The quantitative estimate of drug-likeness (QED) is 0.301. The van der Waals surface area contributed by atoms with Gasteiger partial charge in [0.05, 0.1) is 6.61 Å². The molecule has 0 fully saturated rings. The molecule has 1 atom stereocenters. The van der Waals surface area contributed by atoms with Crippen LogP contribution in [0.15, 0.2) is 42.5 Å². The number of allylic oxidation sites excluding steroid dienone is 2. The van der Waals surface area contributed by atoms with Crippen LogP contribution in [-0.2, 0) is 0 Å². The van der Waals surface area contributed by atoms with Crippen LogP contribution in [0, 0.1) is 5.92 Å². The average molecular weight is 407 g/mol. The Bertz CT molecular complexity index is 788. The molecule has 1 nitrogen and oxygen atoms in total. The van der Waals surface area contributed by atoms with E-state index in [2.05, 4.69) is 56.3 Å². The van der Waals surface area contributed by atoms with Crippen molar-refractivity contribution in [1.82, 2.24) is 0 Å². The van der Waals surface area contributed by atoms with Crippen LogP contribution in [0.2, 0.25) is 0 Å². The lowest BCUT2D eigenvalue weighted by atomic mass is 9.83.